The molecule has 0 saturated carbocycles. The van der Waals surface area contributed by atoms with E-state index in [1.807, 2.05) is 24.3 Å². The molecule has 1 saturated heterocycles. The summed E-state index contributed by atoms with van der Waals surface area (Å²) in [6.45, 7) is 1.64. The molecule has 3 nitrogen and oxygen atoms in total. The first-order chi connectivity index (χ1) is 7.81. The first-order valence-corrected chi connectivity index (χ1v) is 5.80. The number of hydrogen-bond acceptors (Lipinski definition) is 3. The fourth-order valence-electron chi connectivity index (χ4n) is 2.19. The van der Waals surface area contributed by atoms with Crippen LogP contribution >= 0.6 is 0 Å². The summed E-state index contributed by atoms with van der Waals surface area (Å²) in [7, 11) is 1.69. The van der Waals surface area contributed by atoms with E-state index in [4.69, 9.17) is 4.74 Å². The fraction of sp³-hybridized carbons (Fsp3) is 0.538. The van der Waals surface area contributed by atoms with Crippen LogP contribution in [0, 0.1) is 0 Å². The molecule has 0 spiro atoms. The molecule has 1 aromatic carbocycles. The van der Waals surface area contributed by atoms with E-state index in [-0.39, 0.29) is 12.1 Å². The molecular formula is C13H19NO2. The number of aliphatic hydroxyl groups excluding tert-OH is 1. The fourth-order valence-corrected chi connectivity index (χ4v) is 2.19. The van der Waals surface area contributed by atoms with Crippen LogP contribution in [0.2, 0.25) is 0 Å². The van der Waals surface area contributed by atoms with Gasteiger partial charge in [-0.25, -0.2) is 0 Å². The second-order valence-corrected chi connectivity index (χ2v) is 4.32. The highest BCUT2D eigenvalue weighted by Crippen LogP contribution is 2.23. The van der Waals surface area contributed by atoms with E-state index < -0.39 is 0 Å². The zero-order valence-electron chi connectivity index (χ0n) is 9.65. The molecule has 0 radical (unpaired) electrons. The van der Waals surface area contributed by atoms with Crippen molar-refractivity contribution in [1.29, 1.82) is 0 Å². The van der Waals surface area contributed by atoms with E-state index >= 15 is 0 Å². The molecule has 1 aliphatic heterocycles. The number of ether oxygens (including phenoxy) is 1. The average molecular weight is 221 g/mol. The summed E-state index contributed by atoms with van der Waals surface area (Å²) >= 11 is 0. The van der Waals surface area contributed by atoms with Gasteiger partial charge in [0.25, 0.3) is 0 Å². The molecule has 0 bridgehead atoms. The average Bonchev–Trinajstić information content (AvgIpc) is 2.83. The quantitative estimate of drug-likeness (QED) is 0.811. The minimum atomic E-state index is -0.390. The SMILES string of the molecule is COCc1ccc(C(O)C2CCCN2)cc1. The van der Waals surface area contributed by atoms with Crippen molar-refractivity contribution in [2.75, 3.05) is 13.7 Å². The second kappa shape index (κ2) is 5.43. The van der Waals surface area contributed by atoms with Crippen LogP contribution in [-0.4, -0.2) is 24.8 Å². The molecule has 1 aliphatic rings. The minimum Gasteiger partial charge on any atom is -0.387 e. The Bertz CT molecular complexity index is 317. The van der Waals surface area contributed by atoms with Gasteiger partial charge in [0.15, 0.2) is 0 Å². The first kappa shape index (κ1) is 11.6. The molecule has 88 valence electrons. The van der Waals surface area contributed by atoms with Gasteiger partial charge in [0.05, 0.1) is 12.7 Å². The summed E-state index contributed by atoms with van der Waals surface area (Å²) in [5.41, 5.74) is 2.12. The van der Waals surface area contributed by atoms with E-state index in [1.54, 1.807) is 7.11 Å². The van der Waals surface area contributed by atoms with Crippen molar-refractivity contribution in [1.82, 2.24) is 5.32 Å². The number of rotatable bonds is 4. The van der Waals surface area contributed by atoms with Crippen LogP contribution in [0.1, 0.15) is 30.1 Å². The van der Waals surface area contributed by atoms with Gasteiger partial charge in [0.1, 0.15) is 0 Å². The monoisotopic (exact) mass is 221 g/mol. The Kier molecular flexibility index (Phi) is 3.93. The van der Waals surface area contributed by atoms with Gasteiger partial charge in [-0.3, -0.25) is 0 Å². The number of hydrogen-bond donors (Lipinski definition) is 2. The Morgan fingerprint density at radius 2 is 2.19 bits per heavy atom. The Hall–Kier alpha value is -0.900. The van der Waals surface area contributed by atoms with Crippen LogP contribution in [-0.2, 0) is 11.3 Å². The maximum Gasteiger partial charge on any atom is 0.0942 e. The molecule has 0 aliphatic carbocycles. The van der Waals surface area contributed by atoms with Crippen LogP contribution in [0.5, 0.6) is 0 Å². The topological polar surface area (TPSA) is 41.5 Å². The van der Waals surface area contributed by atoms with Gasteiger partial charge in [-0.1, -0.05) is 24.3 Å². The van der Waals surface area contributed by atoms with E-state index in [9.17, 15) is 5.11 Å². The summed E-state index contributed by atoms with van der Waals surface area (Å²) in [5, 5.41) is 13.5. The van der Waals surface area contributed by atoms with Gasteiger partial charge in [0, 0.05) is 13.2 Å². The summed E-state index contributed by atoms with van der Waals surface area (Å²) in [5.74, 6) is 0. The van der Waals surface area contributed by atoms with Crippen LogP contribution in [0.15, 0.2) is 24.3 Å². The summed E-state index contributed by atoms with van der Waals surface area (Å²) in [6, 6.07) is 8.21. The van der Waals surface area contributed by atoms with Gasteiger partial charge < -0.3 is 15.2 Å². The minimum absolute atomic E-state index is 0.216. The lowest BCUT2D eigenvalue weighted by Gasteiger charge is -2.18. The van der Waals surface area contributed by atoms with Crippen molar-refractivity contribution in [3.63, 3.8) is 0 Å². The third-order valence-electron chi connectivity index (χ3n) is 3.11. The van der Waals surface area contributed by atoms with Crippen LogP contribution in [0.3, 0.4) is 0 Å². The van der Waals surface area contributed by atoms with E-state index in [1.165, 1.54) is 0 Å². The summed E-state index contributed by atoms with van der Waals surface area (Å²) in [6.07, 6.45) is 1.82. The maximum absolute atomic E-state index is 10.1. The summed E-state index contributed by atoms with van der Waals surface area (Å²) < 4.78 is 5.05. The lowest BCUT2D eigenvalue weighted by molar-refractivity contribution is 0.137. The molecular weight excluding hydrogens is 202 g/mol. The van der Waals surface area contributed by atoms with E-state index in [0.717, 1.165) is 30.5 Å². The van der Waals surface area contributed by atoms with Crippen LogP contribution < -0.4 is 5.32 Å². The van der Waals surface area contributed by atoms with Gasteiger partial charge >= 0.3 is 0 Å². The zero-order valence-corrected chi connectivity index (χ0v) is 9.65. The van der Waals surface area contributed by atoms with Gasteiger partial charge in [0.2, 0.25) is 0 Å². The van der Waals surface area contributed by atoms with Gasteiger partial charge in [-0.2, -0.15) is 0 Å². The Labute approximate surface area is 96.4 Å². The molecule has 0 aromatic heterocycles. The largest absolute Gasteiger partial charge is 0.387 e. The highest BCUT2D eigenvalue weighted by Gasteiger charge is 2.23. The zero-order chi connectivity index (χ0) is 11.4. The van der Waals surface area contributed by atoms with Crippen LogP contribution in [0.25, 0.3) is 0 Å². The second-order valence-electron chi connectivity index (χ2n) is 4.32. The predicted octanol–water partition coefficient (Wildman–Crippen LogP) is 1.62. The molecule has 2 rings (SSSR count). The molecule has 2 atom stereocenters. The van der Waals surface area contributed by atoms with E-state index in [2.05, 4.69) is 5.32 Å². The van der Waals surface area contributed by atoms with Crippen molar-refractivity contribution in [2.45, 2.75) is 31.6 Å². The molecule has 16 heavy (non-hydrogen) atoms. The van der Waals surface area contributed by atoms with Crippen molar-refractivity contribution in [3.8, 4) is 0 Å². The number of nitrogens with one attached hydrogen (secondary N) is 1. The van der Waals surface area contributed by atoms with Crippen LogP contribution in [0.4, 0.5) is 0 Å². The molecule has 1 fully saturated rings. The van der Waals surface area contributed by atoms with Gasteiger partial charge in [-0.15, -0.1) is 0 Å². The lowest BCUT2D eigenvalue weighted by Crippen LogP contribution is -2.28. The third-order valence-corrected chi connectivity index (χ3v) is 3.11. The Balaban J connectivity index is 2.02. The molecule has 0 amide bonds. The number of aliphatic hydroxyl groups is 1. The number of methoxy groups -OCH3 is 1. The first-order valence-electron chi connectivity index (χ1n) is 5.80. The van der Waals surface area contributed by atoms with E-state index in [0.29, 0.717) is 6.61 Å². The number of benzene rings is 1. The molecule has 2 unspecified atom stereocenters. The highest BCUT2D eigenvalue weighted by atomic mass is 16.5. The summed E-state index contributed by atoms with van der Waals surface area (Å²) in [4.78, 5) is 0. The molecule has 3 heteroatoms. The Morgan fingerprint density at radius 1 is 1.44 bits per heavy atom. The highest BCUT2D eigenvalue weighted by molar-refractivity contribution is 5.24. The Morgan fingerprint density at radius 3 is 2.75 bits per heavy atom. The van der Waals surface area contributed by atoms with Crippen molar-refractivity contribution in [3.05, 3.63) is 35.4 Å². The standard InChI is InChI=1S/C13H19NO2/c1-16-9-10-4-6-11(7-5-10)13(15)12-3-2-8-14-12/h4-7,12-15H,2-3,8-9H2,1H3. The predicted molar refractivity (Wildman–Crippen MR) is 63.1 cm³/mol. The molecule has 2 N–H and O–H groups in total. The van der Waals surface area contributed by atoms with Crippen molar-refractivity contribution < 1.29 is 9.84 Å². The lowest BCUT2D eigenvalue weighted by atomic mass is 10.00. The molecule has 1 heterocycles. The van der Waals surface area contributed by atoms with Gasteiger partial charge in [-0.05, 0) is 30.5 Å². The maximum atomic E-state index is 10.1. The van der Waals surface area contributed by atoms with Crippen molar-refractivity contribution in [2.24, 2.45) is 0 Å². The normalized spacial score (nSPS) is 22.2. The molecule has 1 aromatic rings. The third kappa shape index (κ3) is 2.61. The van der Waals surface area contributed by atoms with Crippen molar-refractivity contribution >= 4 is 0 Å². The smallest absolute Gasteiger partial charge is 0.0942 e.